The minimum Gasteiger partial charge on any atom is -0.327 e. The van der Waals surface area contributed by atoms with Gasteiger partial charge < -0.3 is 10.3 Å². The summed E-state index contributed by atoms with van der Waals surface area (Å²) in [6, 6.07) is 6.07. The first-order valence-electron chi connectivity index (χ1n) is 4.87. The van der Waals surface area contributed by atoms with Crippen molar-refractivity contribution in [2.75, 3.05) is 0 Å². The first kappa shape index (κ1) is 10.9. The predicted molar refractivity (Wildman–Crippen MR) is 63.7 cm³/mol. The summed E-state index contributed by atoms with van der Waals surface area (Å²) in [4.78, 5) is 5.37. The number of nitrogens with two attached hydrogens (primary N) is 1. The van der Waals surface area contributed by atoms with Crippen LogP contribution in [0, 0.1) is 11.3 Å². The van der Waals surface area contributed by atoms with Gasteiger partial charge in [-0.25, -0.2) is 4.98 Å². The summed E-state index contributed by atoms with van der Waals surface area (Å²) >= 11 is 1.62. The molecule has 1 unspecified atom stereocenters. The van der Waals surface area contributed by atoms with Gasteiger partial charge in [-0.2, -0.15) is 5.26 Å². The number of rotatable bonds is 3. The number of hydrogen-bond acceptors (Lipinski definition) is 4. The van der Waals surface area contributed by atoms with Gasteiger partial charge in [-0.05, 0) is 18.4 Å². The Hall–Kier alpha value is -1.64. The molecule has 2 aromatic rings. The molecule has 2 rings (SSSR count). The summed E-state index contributed by atoms with van der Waals surface area (Å²) in [5, 5.41) is 10.9. The number of imidazole rings is 1. The Morgan fingerprint density at radius 2 is 2.50 bits per heavy atom. The topological polar surface area (TPSA) is 67.6 Å². The molecule has 0 saturated heterocycles. The lowest BCUT2D eigenvalue weighted by atomic mass is 10.1. The van der Waals surface area contributed by atoms with E-state index in [9.17, 15) is 0 Å². The Morgan fingerprint density at radius 3 is 3.12 bits per heavy atom. The number of nitriles is 1. The summed E-state index contributed by atoms with van der Waals surface area (Å²) in [6.07, 6.45) is 3.57. The molecule has 4 nitrogen and oxygen atoms in total. The highest BCUT2D eigenvalue weighted by atomic mass is 32.1. The molecule has 0 aliphatic rings. The quantitative estimate of drug-likeness (QED) is 0.878. The maximum absolute atomic E-state index is 8.91. The maximum atomic E-state index is 8.91. The molecular weight excluding hydrogens is 220 g/mol. The molecule has 0 aromatic carbocycles. The third-order valence-electron chi connectivity index (χ3n) is 2.21. The second-order valence-electron chi connectivity index (χ2n) is 3.89. The number of aromatic nitrogens is 2. The Balaban J connectivity index is 2.31. The first-order chi connectivity index (χ1) is 7.62. The first-order valence-corrected chi connectivity index (χ1v) is 5.75. The normalized spacial score (nSPS) is 14.3. The minimum absolute atomic E-state index is 0.441. The molecule has 0 aliphatic carbocycles. The van der Waals surface area contributed by atoms with Crippen molar-refractivity contribution >= 4 is 11.3 Å². The summed E-state index contributed by atoms with van der Waals surface area (Å²) in [5.41, 5.74) is 4.95. The molecule has 1 atom stereocenters. The van der Waals surface area contributed by atoms with Crippen molar-refractivity contribution in [3.8, 4) is 16.8 Å². The zero-order valence-electron chi connectivity index (χ0n) is 8.92. The third-order valence-corrected chi connectivity index (χ3v) is 3.08. The second-order valence-corrected chi connectivity index (χ2v) is 4.83. The molecule has 0 spiro atoms. The van der Waals surface area contributed by atoms with Crippen LogP contribution in [0.25, 0.3) is 10.7 Å². The average Bonchev–Trinajstić information content (AvgIpc) is 2.86. The molecule has 2 N–H and O–H groups in total. The monoisotopic (exact) mass is 232 g/mol. The van der Waals surface area contributed by atoms with Gasteiger partial charge >= 0.3 is 0 Å². The second kappa shape index (κ2) is 4.08. The Labute approximate surface area is 98.0 Å². The number of nitrogens with zero attached hydrogens (tertiary/aromatic N) is 3. The third kappa shape index (κ3) is 2.13. The van der Waals surface area contributed by atoms with E-state index in [2.05, 4.69) is 11.1 Å². The van der Waals surface area contributed by atoms with Crippen LogP contribution in [0.5, 0.6) is 0 Å². The van der Waals surface area contributed by atoms with Crippen LogP contribution in [0.2, 0.25) is 0 Å². The zero-order valence-corrected chi connectivity index (χ0v) is 9.74. The van der Waals surface area contributed by atoms with Crippen molar-refractivity contribution in [3.05, 3.63) is 29.9 Å². The number of thiophene rings is 1. The van der Waals surface area contributed by atoms with Crippen LogP contribution in [-0.2, 0) is 6.54 Å². The Kier molecular flexibility index (Phi) is 2.77. The van der Waals surface area contributed by atoms with E-state index in [1.54, 1.807) is 24.5 Å². The predicted octanol–water partition coefficient (Wildman–Crippen LogP) is 1.85. The lowest BCUT2D eigenvalue weighted by molar-refractivity contribution is 0.496. The molecule has 0 bridgehead atoms. The maximum Gasteiger partial charge on any atom is 0.150 e. The molecule has 0 aliphatic heterocycles. The van der Waals surface area contributed by atoms with Crippen LogP contribution < -0.4 is 5.73 Å². The van der Waals surface area contributed by atoms with Crippen LogP contribution >= 0.6 is 11.3 Å². The van der Waals surface area contributed by atoms with Crippen molar-refractivity contribution in [2.45, 2.75) is 19.0 Å². The fraction of sp³-hybridized carbons (Fsp3) is 0.273. The fourth-order valence-corrected chi connectivity index (χ4v) is 2.19. The van der Waals surface area contributed by atoms with Crippen LogP contribution in [-0.4, -0.2) is 15.1 Å². The molecule has 2 aromatic heterocycles. The van der Waals surface area contributed by atoms with Crippen LogP contribution in [0.15, 0.2) is 29.9 Å². The van der Waals surface area contributed by atoms with E-state index in [-0.39, 0.29) is 0 Å². The molecule has 0 radical (unpaired) electrons. The van der Waals surface area contributed by atoms with Crippen molar-refractivity contribution in [2.24, 2.45) is 5.73 Å². The van der Waals surface area contributed by atoms with E-state index in [1.807, 2.05) is 28.3 Å². The molecular formula is C11H12N4S. The highest BCUT2D eigenvalue weighted by Crippen LogP contribution is 2.23. The van der Waals surface area contributed by atoms with Gasteiger partial charge in [0.05, 0.1) is 17.5 Å². The van der Waals surface area contributed by atoms with E-state index < -0.39 is 5.54 Å². The van der Waals surface area contributed by atoms with Crippen molar-refractivity contribution < 1.29 is 0 Å². The van der Waals surface area contributed by atoms with Gasteiger partial charge in [0.25, 0.3) is 0 Å². The summed E-state index contributed by atoms with van der Waals surface area (Å²) in [6.45, 7) is 2.15. The SMILES string of the molecule is CC(N)(C#N)Cn1ccnc1-c1cccs1. The molecule has 0 fully saturated rings. The van der Waals surface area contributed by atoms with Crippen molar-refractivity contribution in [1.82, 2.24) is 9.55 Å². The lowest BCUT2D eigenvalue weighted by Gasteiger charge is -2.17. The van der Waals surface area contributed by atoms with Crippen LogP contribution in [0.1, 0.15) is 6.92 Å². The van der Waals surface area contributed by atoms with E-state index in [1.165, 1.54) is 0 Å². The molecule has 0 saturated carbocycles. The van der Waals surface area contributed by atoms with Gasteiger partial charge in [-0.1, -0.05) is 6.07 Å². The van der Waals surface area contributed by atoms with Gasteiger partial charge in [-0.3, -0.25) is 0 Å². The van der Waals surface area contributed by atoms with Crippen molar-refractivity contribution in [3.63, 3.8) is 0 Å². The van der Waals surface area contributed by atoms with Crippen molar-refractivity contribution in [1.29, 1.82) is 5.26 Å². The highest BCUT2D eigenvalue weighted by Gasteiger charge is 2.20. The minimum atomic E-state index is -0.868. The molecule has 16 heavy (non-hydrogen) atoms. The van der Waals surface area contributed by atoms with E-state index in [0.717, 1.165) is 10.7 Å². The Morgan fingerprint density at radius 1 is 1.69 bits per heavy atom. The molecule has 2 heterocycles. The smallest absolute Gasteiger partial charge is 0.150 e. The van der Waals surface area contributed by atoms with Crippen LogP contribution in [0.4, 0.5) is 0 Å². The average molecular weight is 232 g/mol. The highest BCUT2D eigenvalue weighted by molar-refractivity contribution is 7.13. The summed E-state index contributed by atoms with van der Waals surface area (Å²) in [7, 11) is 0. The summed E-state index contributed by atoms with van der Waals surface area (Å²) < 4.78 is 1.91. The van der Waals surface area contributed by atoms with Gasteiger partial charge in [-0.15, -0.1) is 11.3 Å². The van der Waals surface area contributed by atoms with Gasteiger partial charge in [0.15, 0.2) is 0 Å². The largest absolute Gasteiger partial charge is 0.327 e. The van der Waals surface area contributed by atoms with E-state index >= 15 is 0 Å². The zero-order chi connectivity index (χ0) is 11.6. The fourth-order valence-electron chi connectivity index (χ4n) is 1.46. The molecule has 82 valence electrons. The molecule has 0 amide bonds. The van der Waals surface area contributed by atoms with Crippen LogP contribution in [0.3, 0.4) is 0 Å². The van der Waals surface area contributed by atoms with E-state index in [4.69, 9.17) is 11.0 Å². The lowest BCUT2D eigenvalue weighted by Crippen LogP contribution is -2.39. The van der Waals surface area contributed by atoms with Gasteiger partial charge in [0.2, 0.25) is 0 Å². The summed E-state index contributed by atoms with van der Waals surface area (Å²) in [5.74, 6) is 0.863. The van der Waals surface area contributed by atoms with Gasteiger partial charge in [0, 0.05) is 12.4 Å². The molecule has 5 heteroatoms. The number of hydrogen-bond donors (Lipinski definition) is 1. The Bertz CT molecular complexity index is 504. The van der Waals surface area contributed by atoms with Gasteiger partial charge in [0.1, 0.15) is 11.4 Å². The van der Waals surface area contributed by atoms with E-state index in [0.29, 0.717) is 6.54 Å². The standard InChI is InChI=1S/C11H12N4S/c1-11(13,7-12)8-15-5-4-14-10(15)9-3-2-6-16-9/h2-6H,8,13H2,1H3.